The Hall–Kier alpha value is -1.18. The lowest BCUT2D eigenvalue weighted by atomic mass is 10.0. The second-order valence-electron chi connectivity index (χ2n) is 4.30. The quantitative estimate of drug-likeness (QED) is 0.683. The van der Waals surface area contributed by atoms with Crippen molar-refractivity contribution < 1.29 is 4.74 Å². The zero-order valence-corrected chi connectivity index (χ0v) is 12.3. The van der Waals surface area contributed by atoms with Gasteiger partial charge >= 0.3 is 0 Å². The minimum Gasteiger partial charge on any atom is -0.494 e. The first-order valence-corrected chi connectivity index (χ1v) is 7.11. The van der Waals surface area contributed by atoms with Crippen LogP contribution >= 0.6 is 23.2 Å². The number of halogens is 2. The van der Waals surface area contributed by atoms with Gasteiger partial charge in [-0.2, -0.15) is 0 Å². The van der Waals surface area contributed by atoms with Crippen molar-refractivity contribution in [2.24, 2.45) is 0 Å². The minimum atomic E-state index is -0.0610. The van der Waals surface area contributed by atoms with Gasteiger partial charge in [0.05, 0.1) is 12.0 Å². The van der Waals surface area contributed by atoms with Crippen LogP contribution in [0, 0.1) is 0 Å². The fourth-order valence-corrected chi connectivity index (χ4v) is 2.46. The zero-order valence-electron chi connectivity index (χ0n) is 10.8. The number of alkyl halides is 1. The highest BCUT2D eigenvalue weighted by molar-refractivity contribution is 6.30. The maximum atomic E-state index is 6.44. The molecule has 0 aliphatic rings. The molecule has 0 N–H and O–H groups in total. The first kappa shape index (κ1) is 14.2. The summed E-state index contributed by atoms with van der Waals surface area (Å²) < 4.78 is 5.41. The van der Waals surface area contributed by atoms with Crippen molar-refractivity contribution >= 4 is 23.2 Å². The van der Waals surface area contributed by atoms with Gasteiger partial charge in [-0.1, -0.05) is 35.9 Å². The molecule has 0 radical (unpaired) electrons. The van der Waals surface area contributed by atoms with Crippen LogP contribution in [0.2, 0.25) is 5.02 Å². The van der Waals surface area contributed by atoms with Crippen LogP contribution in [0.25, 0.3) is 0 Å². The molecule has 2 rings (SSSR count). The van der Waals surface area contributed by atoms with Crippen LogP contribution in [0.1, 0.15) is 23.4 Å². The van der Waals surface area contributed by atoms with Crippen molar-refractivity contribution in [2.75, 3.05) is 6.61 Å². The second-order valence-corrected chi connectivity index (χ2v) is 5.27. The van der Waals surface area contributed by atoms with Gasteiger partial charge in [0.2, 0.25) is 0 Å². The molecule has 0 amide bonds. The summed E-state index contributed by atoms with van der Waals surface area (Å²) in [6, 6.07) is 15.7. The molecule has 1 nitrogen and oxygen atoms in total. The maximum absolute atomic E-state index is 6.44. The van der Waals surface area contributed by atoms with Crippen molar-refractivity contribution in [3.63, 3.8) is 0 Å². The van der Waals surface area contributed by atoms with Gasteiger partial charge in [0.1, 0.15) is 5.75 Å². The molecule has 1 unspecified atom stereocenters. The third-order valence-electron chi connectivity index (χ3n) is 2.86. The molecular weight excluding hydrogens is 279 g/mol. The average molecular weight is 295 g/mol. The lowest BCUT2D eigenvalue weighted by Crippen LogP contribution is -1.97. The topological polar surface area (TPSA) is 9.23 Å². The van der Waals surface area contributed by atoms with Crippen molar-refractivity contribution in [3.05, 3.63) is 64.7 Å². The largest absolute Gasteiger partial charge is 0.494 e. The Kier molecular flexibility index (Phi) is 5.12. The Morgan fingerprint density at radius 3 is 2.47 bits per heavy atom. The molecular formula is C16H16Cl2O. The Labute approximate surface area is 124 Å². The molecule has 1 atom stereocenters. The first-order valence-electron chi connectivity index (χ1n) is 6.30. The van der Waals surface area contributed by atoms with E-state index < -0.39 is 0 Å². The number of rotatable bonds is 5. The molecule has 0 heterocycles. The first-order chi connectivity index (χ1) is 9.19. The molecule has 0 spiro atoms. The molecule has 2 aromatic rings. The molecule has 0 saturated heterocycles. The lowest BCUT2D eigenvalue weighted by Gasteiger charge is -2.11. The van der Waals surface area contributed by atoms with Crippen molar-refractivity contribution in [2.45, 2.75) is 18.7 Å². The van der Waals surface area contributed by atoms with E-state index in [1.54, 1.807) is 0 Å². The smallest absolute Gasteiger partial charge is 0.119 e. The molecule has 2 aromatic carbocycles. The monoisotopic (exact) mass is 294 g/mol. The van der Waals surface area contributed by atoms with Crippen molar-refractivity contribution in [1.82, 2.24) is 0 Å². The Balaban J connectivity index is 2.05. The highest BCUT2D eigenvalue weighted by Crippen LogP contribution is 2.27. The molecule has 3 heteroatoms. The fraction of sp³-hybridized carbons (Fsp3) is 0.250. The van der Waals surface area contributed by atoms with Crippen LogP contribution in [0.3, 0.4) is 0 Å². The van der Waals surface area contributed by atoms with E-state index in [4.69, 9.17) is 27.9 Å². The molecule has 0 fully saturated rings. The molecule has 0 aliphatic heterocycles. The average Bonchev–Trinajstić information content (AvgIpc) is 2.40. The summed E-state index contributed by atoms with van der Waals surface area (Å²) in [6.07, 6.45) is 0.760. The van der Waals surface area contributed by atoms with Gasteiger partial charge in [-0.25, -0.2) is 0 Å². The third-order valence-corrected chi connectivity index (χ3v) is 3.50. The maximum Gasteiger partial charge on any atom is 0.119 e. The molecule has 100 valence electrons. The van der Waals surface area contributed by atoms with Crippen molar-refractivity contribution in [3.8, 4) is 5.75 Å². The van der Waals surface area contributed by atoms with E-state index in [1.165, 1.54) is 0 Å². The Bertz CT molecular complexity index is 523. The minimum absolute atomic E-state index is 0.0610. The van der Waals surface area contributed by atoms with Gasteiger partial charge in [-0.3, -0.25) is 0 Å². The SMILES string of the molecule is CCOc1ccc(C(Cl)Cc2cccc(Cl)c2)cc1. The summed E-state index contributed by atoms with van der Waals surface area (Å²) in [5, 5.41) is 0.683. The zero-order chi connectivity index (χ0) is 13.7. The van der Waals surface area contributed by atoms with E-state index in [2.05, 4.69) is 0 Å². The standard InChI is InChI=1S/C16H16Cl2O/c1-2-19-15-8-6-13(7-9-15)16(18)11-12-4-3-5-14(17)10-12/h3-10,16H,2,11H2,1H3. The lowest BCUT2D eigenvalue weighted by molar-refractivity contribution is 0.340. The molecule has 0 aromatic heterocycles. The molecule has 0 bridgehead atoms. The number of ether oxygens (including phenoxy) is 1. The highest BCUT2D eigenvalue weighted by Gasteiger charge is 2.09. The van der Waals surface area contributed by atoms with Gasteiger partial charge in [0.15, 0.2) is 0 Å². The van der Waals surface area contributed by atoms with Crippen LogP contribution in [-0.4, -0.2) is 6.61 Å². The normalized spacial score (nSPS) is 12.2. The Morgan fingerprint density at radius 2 is 1.84 bits per heavy atom. The Morgan fingerprint density at radius 1 is 1.11 bits per heavy atom. The summed E-state index contributed by atoms with van der Waals surface area (Å²) >= 11 is 12.4. The van der Waals surface area contributed by atoms with E-state index in [0.29, 0.717) is 6.61 Å². The number of hydrogen-bond acceptors (Lipinski definition) is 1. The summed E-state index contributed by atoms with van der Waals surface area (Å²) in [4.78, 5) is 0. The fourth-order valence-electron chi connectivity index (χ4n) is 1.93. The number of benzene rings is 2. The van der Waals surface area contributed by atoms with Gasteiger partial charge in [0.25, 0.3) is 0 Å². The summed E-state index contributed by atoms with van der Waals surface area (Å²) in [5.41, 5.74) is 2.23. The van der Waals surface area contributed by atoms with Gasteiger partial charge in [-0.05, 0) is 48.7 Å². The molecule has 0 aliphatic carbocycles. The van der Waals surface area contributed by atoms with Crippen LogP contribution in [0.5, 0.6) is 5.75 Å². The highest BCUT2D eigenvalue weighted by atomic mass is 35.5. The van der Waals surface area contributed by atoms with Gasteiger partial charge in [-0.15, -0.1) is 11.6 Å². The summed E-state index contributed by atoms with van der Waals surface area (Å²) in [6.45, 7) is 2.64. The second kappa shape index (κ2) is 6.83. The van der Waals surface area contributed by atoms with E-state index >= 15 is 0 Å². The van der Waals surface area contributed by atoms with Crippen LogP contribution in [0.15, 0.2) is 48.5 Å². The summed E-state index contributed by atoms with van der Waals surface area (Å²) in [7, 11) is 0. The van der Waals surface area contributed by atoms with Gasteiger partial charge < -0.3 is 4.74 Å². The van der Waals surface area contributed by atoms with Gasteiger partial charge in [0, 0.05) is 5.02 Å². The number of hydrogen-bond donors (Lipinski definition) is 0. The van der Waals surface area contributed by atoms with E-state index in [0.717, 1.165) is 28.3 Å². The molecule has 0 saturated carbocycles. The summed E-state index contributed by atoms with van der Waals surface area (Å²) in [5.74, 6) is 0.873. The molecule has 19 heavy (non-hydrogen) atoms. The van der Waals surface area contributed by atoms with Crippen LogP contribution < -0.4 is 4.74 Å². The third kappa shape index (κ3) is 4.15. The van der Waals surface area contributed by atoms with E-state index in [1.807, 2.05) is 55.5 Å². The van der Waals surface area contributed by atoms with Crippen molar-refractivity contribution in [1.29, 1.82) is 0 Å². The van der Waals surface area contributed by atoms with Crippen LogP contribution in [0.4, 0.5) is 0 Å². The predicted octanol–water partition coefficient (Wildman–Crippen LogP) is 5.26. The predicted molar refractivity (Wildman–Crippen MR) is 81.4 cm³/mol. The van der Waals surface area contributed by atoms with Crippen LogP contribution in [-0.2, 0) is 6.42 Å². The van der Waals surface area contributed by atoms with E-state index in [-0.39, 0.29) is 5.38 Å². The van der Waals surface area contributed by atoms with E-state index in [9.17, 15) is 0 Å².